The first-order chi connectivity index (χ1) is 6.83. The third-order valence-electron chi connectivity index (χ3n) is 3.31. The van der Waals surface area contributed by atoms with E-state index in [2.05, 4.69) is 20.1 Å². The number of hydrogen-bond donors (Lipinski definition) is 1. The molecular weight excluding hydrogens is 178 g/mol. The molecule has 1 aromatic rings. The monoisotopic (exact) mass is 191 g/mol. The molecule has 2 fully saturated rings. The average molecular weight is 191 g/mol. The molecule has 0 aliphatic carbocycles. The molecule has 2 bridgehead atoms. The highest BCUT2D eigenvalue weighted by molar-refractivity contribution is 5.19. The van der Waals surface area contributed by atoms with Gasteiger partial charge < -0.3 is 10.6 Å². The molecule has 0 spiro atoms. The van der Waals surface area contributed by atoms with Gasteiger partial charge >= 0.3 is 0 Å². The van der Waals surface area contributed by atoms with Gasteiger partial charge in [-0.15, -0.1) is 5.10 Å². The van der Waals surface area contributed by atoms with E-state index >= 15 is 0 Å². The second-order valence-corrected chi connectivity index (χ2v) is 4.15. The molecule has 3 rings (SSSR count). The molecule has 5 nitrogen and oxygen atoms in total. The third-order valence-corrected chi connectivity index (χ3v) is 3.31. The minimum atomic E-state index is 0.292. The second kappa shape index (κ2) is 2.88. The number of anilines is 1. The van der Waals surface area contributed by atoms with Crippen molar-refractivity contribution in [1.29, 1.82) is 0 Å². The summed E-state index contributed by atoms with van der Waals surface area (Å²) in [6.07, 6.45) is 3.04. The van der Waals surface area contributed by atoms with Crippen LogP contribution in [0.15, 0.2) is 6.20 Å². The lowest BCUT2D eigenvalue weighted by atomic mass is 9.90. The van der Waals surface area contributed by atoms with Crippen LogP contribution in [0.3, 0.4) is 0 Å². The van der Waals surface area contributed by atoms with Crippen molar-refractivity contribution >= 4 is 5.95 Å². The van der Waals surface area contributed by atoms with Gasteiger partial charge in [-0.25, -0.2) is 4.98 Å². The van der Waals surface area contributed by atoms with Crippen LogP contribution in [0.2, 0.25) is 0 Å². The van der Waals surface area contributed by atoms with E-state index in [1.807, 2.05) is 0 Å². The quantitative estimate of drug-likeness (QED) is 0.670. The number of hydrogen-bond acceptors (Lipinski definition) is 5. The van der Waals surface area contributed by atoms with Crippen molar-refractivity contribution in [2.24, 2.45) is 5.92 Å². The van der Waals surface area contributed by atoms with Crippen molar-refractivity contribution in [3.63, 3.8) is 0 Å². The molecule has 0 aromatic carbocycles. The van der Waals surface area contributed by atoms with Crippen molar-refractivity contribution in [1.82, 2.24) is 20.1 Å². The van der Waals surface area contributed by atoms with E-state index < -0.39 is 0 Å². The minimum absolute atomic E-state index is 0.292. The maximum absolute atomic E-state index is 5.53. The van der Waals surface area contributed by atoms with Crippen LogP contribution >= 0.6 is 0 Å². The number of fused-ring (bicyclic) bond motifs is 2. The normalized spacial score (nSPS) is 35.0. The van der Waals surface area contributed by atoms with Crippen LogP contribution in [0.5, 0.6) is 0 Å². The van der Waals surface area contributed by atoms with E-state index in [4.69, 9.17) is 5.73 Å². The van der Waals surface area contributed by atoms with Crippen LogP contribution in [-0.4, -0.2) is 39.7 Å². The molecule has 1 unspecified atom stereocenters. The Morgan fingerprint density at radius 2 is 2.36 bits per heavy atom. The molecule has 5 heteroatoms. The van der Waals surface area contributed by atoms with Crippen LogP contribution < -0.4 is 5.73 Å². The topological polar surface area (TPSA) is 67.9 Å². The summed E-state index contributed by atoms with van der Waals surface area (Å²) in [6.45, 7) is 3.58. The van der Waals surface area contributed by atoms with E-state index in [-0.39, 0.29) is 0 Å². The number of nitrogen functional groups attached to an aromatic ring is 1. The molecule has 0 amide bonds. The summed E-state index contributed by atoms with van der Waals surface area (Å²) in [5, 5.41) is 7.53. The van der Waals surface area contributed by atoms with Crippen LogP contribution in [0.25, 0.3) is 0 Å². The summed E-state index contributed by atoms with van der Waals surface area (Å²) in [5.74, 6) is 1.58. The Labute approximate surface area is 82.3 Å². The molecule has 0 radical (unpaired) electrons. The summed E-state index contributed by atoms with van der Waals surface area (Å²) in [7, 11) is 0. The largest absolute Gasteiger partial charge is 0.366 e. The van der Waals surface area contributed by atoms with Crippen molar-refractivity contribution in [2.75, 3.05) is 25.4 Å². The van der Waals surface area contributed by atoms with Crippen molar-refractivity contribution < 1.29 is 0 Å². The number of nitrogens with zero attached hydrogens (tertiary/aromatic N) is 4. The molecular formula is C9H13N5. The van der Waals surface area contributed by atoms with Crippen molar-refractivity contribution in [3.8, 4) is 0 Å². The van der Waals surface area contributed by atoms with E-state index in [1.54, 1.807) is 6.20 Å². The molecule has 14 heavy (non-hydrogen) atoms. The number of rotatable bonds is 1. The zero-order valence-corrected chi connectivity index (χ0v) is 7.93. The molecule has 1 aromatic heterocycles. The highest BCUT2D eigenvalue weighted by atomic mass is 15.2. The number of aromatic nitrogens is 3. The molecule has 2 aliphatic heterocycles. The minimum Gasteiger partial charge on any atom is -0.366 e. The van der Waals surface area contributed by atoms with Gasteiger partial charge in [0, 0.05) is 19.0 Å². The van der Waals surface area contributed by atoms with Crippen LogP contribution in [0.4, 0.5) is 5.95 Å². The van der Waals surface area contributed by atoms with Gasteiger partial charge in [0.15, 0.2) is 0 Å². The smallest absolute Gasteiger partial charge is 0.240 e. The summed E-state index contributed by atoms with van der Waals surface area (Å²) < 4.78 is 0. The first-order valence-corrected chi connectivity index (χ1v) is 5.00. The van der Waals surface area contributed by atoms with Gasteiger partial charge in [0.25, 0.3) is 0 Å². The van der Waals surface area contributed by atoms with E-state index in [9.17, 15) is 0 Å². The van der Waals surface area contributed by atoms with Crippen molar-refractivity contribution in [2.45, 2.75) is 12.3 Å². The summed E-state index contributed by atoms with van der Waals surface area (Å²) >= 11 is 0. The lowest BCUT2D eigenvalue weighted by Crippen LogP contribution is -2.23. The maximum atomic E-state index is 5.53. The van der Waals surface area contributed by atoms with Gasteiger partial charge in [-0.2, -0.15) is 5.10 Å². The van der Waals surface area contributed by atoms with Gasteiger partial charge in [0.1, 0.15) is 0 Å². The highest BCUT2D eigenvalue weighted by Crippen LogP contribution is 2.38. The molecule has 3 heterocycles. The fourth-order valence-electron chi connectivity index (χ4n) is 2.63. The molecule has 2 N–H and O–H groups in total. The van der Waals surface area contributed by atoms with Crippen LogP contribution in [0, 0.1) is 5.92 Å². The SMILES string of the molecule is Nc1nncc([C@H]2CN3CC[C@H]2C3)n1. The highest BCUT2D eigenvalue weighted by Gasteiger charge is 2.39. The Bertz CT molecular complexity index is 353. The zero-order valence-electron chi connectivity index (χ0n) is 7.93. The van der Waals surface area contributed by atoms with E-state index in [1.165, 1.54) is 19.5 Å². The standard InChI is InChI=1S/C9H13N5/c10-9-12-8(3-11-13-9)7-5-14-2-1-6(7)4-14/h3,6-7H,1-2,4-5H2,(H2,10,12,13)/t6-,7-/m0/s1. The maximum Gasteiger partial charge on any atom is 0.240 e. The first kappa shape index (κ1) is 8.11. The van der Waals surface area contributed by atoms with Gasteiger partial charge in [-0.1, -0.05) is 0 Å². The van der Waals surface area contributed by atoms with E-state index in [0.29, 0.717) is 11.9 Å². The third kappa shape index (κ3) is 1.16. The van der Waals surface area contributed by atoms with E-state index in [0.717, 1.165) is 18.2 Å². The summed E-state index contributed by atoms with van der Waals surface area (Å²) in [4.78, 5) is 6.73. The molecule has 2 aliphatic rings. The predicted octanol–water partition coefficient (Wildman–Crippen LogP) is -0.127. The fraction of sp³-hybridized carbons (Fsp3) is 0.667. The summed E-state index contributed by atoms with van der Waals surface area (Å²) in [6, 6.07) is 0. The number of nitrogens with two attached hydrogens (primary N) is 1. The lowest BCUT2D eigenvalue weighted by Gasteiger charge is -2.20. The Morgan fingerprint density at radius 3 is 3.00 bits per heavy atom. The average Bonchev–Trinajstić information content (AvgIpc) is 2.78. The van der Waals surface area contributed by atoms with Crippen molar-refractivity contribution in [3.05, 3.63) is 11.9 Å². The molecule has 3 atom stereocenters. The summed E-state index contributed by atoms with van der Waals surface area (Å²) in [5.41, 5.74) is 6.54. The van der Waals surface area contributed by atoms with Gasteiger partial charge in [0.2, 0.25) is 5.95 Å². The first-order valence-electron chi connectivity index (χ1n) is 5.00. The van der Waals surface area contributed by atoms with Gasteiger partial charge in [0.05, 0.1) is 11.9 Å². The lowest BCUT2D eigenvalue weighted by molar-refractivity contribution is 0.343. The van der Waals surface area contributed by atoms with Crippen LogP contribution in [-0.2, 0) is 0 Å². The second-order valence-electron chi connectivity index (χ2n) is 4.15. The molecule has 0 saturated carbocycles. The fourth-order valence-corrected chi connectivity index (χ4v) is 2.63. The zero-order chi connectivity index (χ0) is 9.54. The van der Waals surface area contributed by atoms with Gasteiger partial charge in [-0.05, 0) is 18.9 Å². The Morgan fingerprint density at radius 1 is 1.43 bits per heavy atom. The Hall–Kier alpha value is -1.23. The Balaban J connectivity index is 1.89. The molecule has 74 valence electrons. The number of piperidine rings is 1. The Kier molecular flexibility index (Phi) is 1.67. The predicted molar refractivity (Wildman–Crippen MR) is 51.5 cm³/mol. The molecule has 2 saturated heterocycles. The van der Waals surface area contributed by atoms with Gasteiger partial charge in [-0.3, -0.25) is 0 Å². The van der Waals surface area contributed by atoms with Crippen LogP contribution in [0.1, 0.15) is 18.0 Å².